The van der Waals surface area contributed by atoms with Crippen LogP contribution in [0.1, 0.15) is 49.1 Å². The smallest absolute Gasteiger partial charge is 0.407 e. The Morgan fingerprint density at radius 1 is 0.912 bits per heavy atom. The molecule has 2 N–H and O–H groups in total. The molecule has 3 aliphatic rings. The van der Waals surface area contributed by atoms with E-state index >= 15 is 0 Å². The molecule has 1 saturated heterocycles. The number of aliphatic carboxylic acids is 1. The number of hydrogen-bond acceptors (Lipinski definition) is 4. The lowest BCUT2D eigenvalue weighted by Gasteiger charge is -2.39. The van der Waals surface area contributed by atoms with Gasteiger partial charge in [0.05, 0.1) is 6.42 Å². The molecule has 0 unspecified atom stereocenters. The Bertz CT molecular complexity index is 1050. The number of fused-ring (bicyclic) bond motifs is 3. The van der Waals surface area contributed by atoms with Crippen LogP contribution in [0.15, 0.2) is 48.5 Å². The number of hydrogen-bond donors (Lipinski definition) is 2. The number of alkyl carbamates (subject to hydrolysis) is 1. The SMILES string of the molecule is O=C(O)CC1CN(C(=O)C[C@@H]2CC[C@H](NC(=O)OCC3c4ccccc4-c4ccccc43)C2)C1. The Hall–Kier alpha value is -3.35. The molecule has 1 aliphatic heterocycles. The van der Waals surface area contributed by atoms with Crippen LogP contribution in [0, 0.1) is 11.8 Å². The molecule has 0 spiro atoms. The maximum absolute atomic E-state index is 12.5. The summed E-state index contributed by atoms with van der Waals surface area (Å²) in [6, 6.07) is 16.5. The lowest BCUT2D eigenvalue weighted by molar-refractivity contribution is -0.145. The van der Waals surface area contributed by atoms with E-state index in [-0.39, 0.29) is 36.1 Å². The first kappa shape index (κ1) is 22.4. The van der Waals surface area contributed by atoms with E-state index in [0.717, 1.165) is 19.3 Å². The molecule has 0 aromatic heterocycles. The maximum Gasteiger partial charge on any atom is 0.407 e. The molecule has 0 radical (unpaired) electrons. The number of ether oxygens (including phenoxy) is 1. The molecule has 2 fully saturated rings. The van der Waals surface area contributed by atoms with Crippen LogP contribution in [0.3, 0.4) is 0 Å². The maximum atomic E-state index is 12.5. The Balaban J connectivity index is 1.07. The fourth-order valence-corrected chi connectivity index (χ4v) is 5.72. The number of nitrogens with one attached hydrogen (secondary N) is 1. The fraction of sp³-hybridized carbons (Fsp3) is 0.444. The summed E-state index contributed by atoms with van der Waals surface area (Å²) in [5, 5.41) is 11.8. The molecule has 2 aliphatic carbocycles. The molecule has 7 heteroatoms. The third kappa shape index (κ3) is 4.65. The molecular formula is C27H30N2O5. The zero-order valence-electron chi connectivity index (χ0n) is 19.1. The van der Waals surface area contributed by atoms with Gasteiger partial charge in [0, 0.05) is 37.4 Å². The number of benzene rings is 2. The molecule has 2 aromatic rings. The van der Waals surface area contributed by atoms with Gasteiger partial charge in [0.25, 0.3) is 0 Å². The highest BCUT2D eigenvalue weighted by Crippen LogP contribution is 2.44. The van der Waals surface area contributed by atoms with Crippen LogP contribution in [-0.2, 0) is 14.3 Å². The van der Waals surface area contributed by atoms with Crippen molar-refractivity contribution in [2.45, 2.75) is 44.1 Å². The second kappa shape index (κ2) is 9.49. The van der Waals surface area contributed by atoms with Gasteiger partial charge in [0.1, 0.15) is 6.61 Å². The van der Waals surface area contributed by atoms with Gasteiger partial charge in [-0.05, 0) is 47.4 Å². The van der Waals surface area contributed by atoms with Crippen molar-refractivity contribution in [1.82, 2.24) is 10.2 Å². The first-order chi connectivity index (χ1) is 16.5. The van der Waals surface area contributed by atoms with Gasteiger partial charge in [-0.15, -0.1) is 0 Å². The molecule has 0 bridgehead atoms. The molecule has 2 atom stereocenters. The van der Waals surface area contributed by atoms with E-state index in [0.29, 0.717) is 26.1 Å². The zero-order chi connectivity index (χ0) is 23.7. The largest absolute Gasteiger partial charge is 0.481 e. The van der Waals surface area contributed by atoms with Crippen molar-refractivity contribution in [3.05, 3.63) is 59.7 Å². The summed E-state index contributed by atoms with van der Waals surface area (Å²) in [6.07, 6.45) is 2.68. The number of nitrogens with zero attached hydrogens (tertiary/aromatic N) is 1. The monoisotopic (exact) mass is 462 g/mol. The van der Waals surface area contributed by atoms with Crippen molar-refractivity contribution in [3.8, 4) is 11.1 Å². The third-order valence-electron chi connectivity index (χ3n) is 7.44. The van der Waals surface area contributed by atoms with Crippen molar-refractivity contribution in [2.75, 3.05) is 19.7 Å². The van der Waals surface area contributed by atoms with E-state index in [4.69, 9.17) is 9.84 Å². The Kier molecular flexibility index (Phi) is 6.26. The highest BCUT2D eigenvalue weighted by atomic mass is 16.5. The Morgan fingerprint density at radius 3 is 2.21 bits per heavy atom. The lowest BCUT2D eigenvalue weighted by Crippen LogP contribution is -2.50. The fourth-order valence-electron chi connectivity index (χ4n) is 5.72. The van der Waals surface area contributed by atoms with Gasteiger partial charge < -0.3 is 20.1 Å². The van der Waals surface area contributed by atoms with Crippen LogP contribution >= 0.6 is 0 Å². The summed E-state index contributed by atoms with van der Waals surface area (Å²) >= 11 is 0. The number of rotatable bonds is 7. The minimum atomic E-state index is -0.810. The van der Waals surface area contributed by atoms with Crippen molar-refractivity contribution in [3.63, 3.8) is 0 Å². The first-order valence-electron chi connectivity index (χ1n) is 12.1. The van der Waals surface area contributed by atoms with Crippen LogP contribution in [0.2, 0.25) is 0 Å². The predicted octanol–water partition coefficient (Wildman–Crippen LogP) is 4.02. The lowest BCUT2D eigenvalue weighted by atomic mass is 9.94. The molecule has 7 nitrogen and oxygen atoms in total. The van der Waals surface area contributed by atoms with E-state index in [1.54, 1.807) is 4.90 Å². The molecule has 5 rings (SSSR count). The number of likely N-dealkylation sites (tertiary alicyclic amines) is 1. The number of carbonyl (C=O) groups is 3. The van der Waals surface area contributed by atoms with Gasteiger partial charge in [0.15, 0.2) is 0 Å². The van der Waals surface area contributed by atoms with Crippen LogP contribution in [-0.4, -0.2) is 53.7 Å². The van der Waals surface area contributed by atoms with Gasteiger partial charge >= 0.3 is 12.1 Å². The summed E-state index contributed by atoms with van der Waals surface area (Å²) in [4.78, 5) is 37.5. The molecule has 1 saturated carbocycles. The van der Waals surface area contributed by atoms with Gasteiger partial charge in [-0.3, -0.25) is 9.59 Å². The summed E-state index contributed by atoms with van der Waals surface area (Å²) in [5.41, 5.74) is 4.78. The van der Waals surface area contributed by atoms with Crippen LogP contribution < -0.4 is 5.32 Å². The highest BCUT2D eigenvalue weighted by molar-refractivity contribution is 5.79. The average Bonchev–Trinajstić information content (AvgIpc) is 3.36. The number of carbonyl (C=O) groups excluding carboxylic acids is 2. The zero-order valence-corrected chi connectivity index (χ0v) is 19.1. The van der Waals surface area contributed by atoms with E-state index in [1.165, 1.54) is 22.3 Å². The minimum Gasteiger partial charge on any atom is -0.481 e. The molecule has 178 valence electrons. The predicted molar refractivity (Wildman–Crippen MR) is 126 cm³/mol. The molecule has 34 heavy (non-hydrogen) atoms. The van der Waals surface area contributed by atoms with Crippen molar-refractivity contribution < 1.29 is 24.2 Å². The van der Waals surface area contributed by atoms with Crippen molar-refractivity contribution >= 4 is 18.0 Å². The standard InChI is InChI=1S/C27H30N2O5/c30-25(29-14-18(15-29)13-26(31)32)12-17-9-10-19(11-17)28-27(33)34-16-24-22-7-3-1-5-20(22)21-6-2-4-8-23(21)24/h1-8,17-19,24H,9-16H2,(H,28,33)(H,31,32)/t17-,19+/m1/s1. The number of carboxylic acids is 1. The van der Waals surface area contributed by atoms with E-state index in [9.17, 15) is 14.4 Å². The first-order valence-corrected chi connectivity index (χ1v) is 12.1. The minimum absolute atomic E-state index is 0.0181. The quantitative estimate of drug-likeness (QED) is 0.648. The molecular weight excluding hydrogens is 432 g/mol. The normalized spacial score (nSPS) is 21.5. The second-order valence-electron chi connectivity index (χ2n) is 9.81. The highest BCUT2D eigenvalue weighted by Gasteiger charge is 2.35. The van der Waals surface area contributed by atoms with Crippen LogP contribution in [0.4, 0.5) is 4.79 Å². The molecule has 2 amide bonds. The van der Waals surface area contributed by atoms with Gasteiger partial charge in [-0.1, -0.05) is 48.5 Å². The van der Waals surface area contributed by atoms with E-state index < -0.39 is 12.1 Å². The van der Waals surface area contributed by atoms with Gasteiger partial charge in [0.2, 0.25) is 5.91 Å². The van der Waals surface area contributed by atoms with E-state index in [2.05, 4.69) is 29.6 Å². The summed E-state index contributed by atoms with van der Waals surface area (Å²) < 4.78 is 5.65. The molecule has 1 heterocycles. The molecule has 2 aromatic carbocycles. The van der Waals surface area contributed by atoms with Gasteiger partial charge in [-0.2, -0.15) is 0 Å². The van der Waals surface area contributed by atoms with Crippen LogP contribution in [0.5, 0.6) is 0 Å². The van der Waals surface area contributed by atoms with Crippen LogP contribution in [0.25, 0.3) is 11.1 Å². The summed E-state index contributed by atoms with van der Waals surface area (Å²) in [5.74, 6) is -0.366. The van der Waals surface area contributed by atoms with Crippen molar-refractivity contribution in [1.29, 1.82) is 0 Å². The third-order valence-corrected chi connectivity index (χ3v) is 7.44. The summed E-state index contributed by atoms with van der Waals surface area (Å²) in [7, 11) is 0. The average molecular weight is 463 g/mol. The Labute approximate surface area is 199 Å². The van der Waals surface area contributed by atoms with Crippen molar-refractivity contribution in [2.24, 2.45) is 11.8 Å². The number of amides is 2. The number of carboxylic acid groups (broad SMARTS) is 1. The summed E-state index contributed by atoms with van der Waals surface area (Å²) in [6.45, 7) is 1.37. The second-order valence-corrected chi connectivity index (χ2v) is 9.81. The topological polar surface area (TPSA) is 95.9 Å². The van der Waals surface area contributed by atoms with Gasteiger partial charge in [-0.25, -0.2) is 4.79 Å². The van der Waals surface area contributed by atoms with E-state index in [1.807, 2.05) is 24.3 Å². The Morgan fingerprint density at radius 2 is 1.56 bits per heavy atom.